The van der Waals surface area contributed by atoms with E-state index in [1.54, 1.807) is 11.1 Å². The quantitative estimate of drug-likeness (QED) is 0.202. The standard InChI is InChI=1S/C38H44N2/c1-25-14-12-22-37(3,4)33-29-18-7-9-20-31(29)39(35(25)33)27-16-11-17-28(24-27)40-32-21-10-8-19-30(32)34-36(40)26(2)15-13-23-38(34,5)6/h7-11,16-21,24-26H,12-15,22-23H2,1-6H3. The summed E-state index contributed by atoms with van der Waals surface area (Å²) < 4.78 is 5.23. The molecule has 2 heterocycles. The van der Waals surface area contributed by atoms with Gasteiger partial charge >= 0.3 is 0 Å². The summed E-state index contributed by atoms with van der Waals surface area (Å²) in [6.45, 7) is 14.7. The van der Waals surface area contributed by atoms with Gasteiger partial charge < -0.3 is 9.13 Å². The molecule has 2 unspecified atom stereocenters. The third kappa shape index (κ3) is 3.75. The Hall–Kier alpha value is -3.26. The summed E-state index contributed by atoms with van der Waals surface area (Å²) in [6, 6.07) is 27.7. The lowest BCUT2D eigenvalue weighted by molar-refractivity contribution is 0.467. The summed E-state index contributed by atoms with van der Waals surface area (Å²) in [5.41, 5.74) is 11.8. The van der Waals surface area contributed by atoms with Gasteiger partial charge in [0.15, 0.2) is 0 Å². The highest BCUT2D eigenvalue weighted by Gasteiger charge is 2.36. The number of para-hydroxylation sites is 2. The van der Waals surface area contributed by atoms with Crippen LogP contribution in [-0.2, 0) is 10.8 Å². The number of hydrogen-bond acceptors (Lipinski definition) is 0. The zero-order valence-corrected chi connectivity index (χ0v) is 25.2. The minimum absolute atomic E-state index is 0.164. The van der Waals surface area contributed by atoms with Gasteiger partial charge in [-0.15, -0.1) is 0 Å². The van der Waals surface area contributed by atoms with Crippen LogP contribution in [0.1, 0.15) is 114 Å². The minimum atomic E-state index is 0.164. The Kier molecular flexibility index (Phi) is 5.86. The van der Waals surface area contributed by atoms with Crippen molar-refractivity contribution in [3.05, 3.63) is 95.3 Å². The summed E-state index contributed by atoms with van der Waals surface area (Å²) >= 11 is 0. The molecule has 0 aliphatic heterocycles. The molecule has 5 aromatic rings. The van der Waals surface area contributed by atoms with E-state index in [2.05, 4.69) is 123 Å². The van der Waals surface area contributed by atoms with Crippen molar-refractivity contribution in [3.8, 4) is 11.4 Å². The number of hydrogen-bond donors (Lipinski definition) is 0. The second kappa shape index (κ2) is 9.13. The summed E-state index contributed by atoms with van der Waals surface area (Å²) in [5, 5.41) is 2.86. The van der Waals surface area contributed by atoms with Gasteiger partial charge in [-0.25, -0.2) is 0 Å². The third-order valence-electron chi connectivity index (χ3n) is 10.3. The lowest BCUT2D eigenvalue weighted by Gasteiger charge is -2.25. The Balaban J connectivity index is 1.52. The molecule has 2 nitrogen and oxygen atoms in total. The van der Waals surface area contributed by atoms with Gasteiger partial charge in [-0.05, 0) is 89.8 Å². The summed E-state index contributed by atoms with van der Waals surface area (Å²) in [4.78, 5) is 0. The van der Waals surface area contributed by atoms with Crippen LogP contribution in [0.15, 0.2) is 72.8 Å². The van der Waals surface area contributed by atoms with E-state index in [1.165, 1.54) is 83.1 Å². The van der Waals surface area contributed by atoms with Crippen LogP contribution in [-0.4, -0.2) is 9.13 Å². The van der Waals surface area contributed by atoms with E-state index < -0.39 is 0 Å². The molecule has 40 heavy (non-hydrogen) atoms. The molecule has 2 heteroatoms. The fraction of sp³-hybridized carbons (Fsp3) is 0.421. The zero-order valence-electron chi connectivity index (χ0n) is 25.2. The van der Waals surface area contributed by atoms with Crippen LogP contribution in [0, 0.1) is 0 Å². The van der Waals surface area contributed by atoms with Crippen molar-refractivity contribution in [2.24, 2.45) is 0 Å². The van der Waals surface area contributed by atoms with Crippen LogP contribution in [0.3, 0.4) is 0 Å². The second-order valence-corrected chi connectivity index (χ2v) is 14.1. The molecule has 3 aromatic carbocycles. The van der Waals surface area contributed by atoms with Crippen molar-refractivity contribution < 1.29 is 0 Å². The monoisotopic (exact) mass is 528 g/mol. The van der Waals surface area contributed by atoms with E-state index in [4.69, 9.17) is 0 Å². The van der Waals surface area contributed by atoms with Crippen molar-refractivity contribution in [1.29, 1.82) is 0 Å². The Morgan fingerprint density at radius 3 is 1.45 bits per heavy atom. The normalized spacial score (nSPS) is 22.1. The highest BCUT2D eigenvalue weighted by molar-refractivity contribution is 5.90. The Morgan fingerprint density at radius 2 is 1.00 bits per heavy atom. The average Bonchev–Trinajstić information content (AvgIpc) is 3.40. The molecule has 0 N–H and O–H groups in total. The molecule has 7 rings (SSSR count). The second-order valence-electron chi connectivity index (χ2n) is 14.1. The largest absolute Gasteiger partial charge is 0.313 e. The summed E-state index contributed by atoms with van der Waals surface area (Å²) in [5.74, 6) is 1.05. The predicted molar refractivity (Wildman–Crippen MR) is 171 cm³/mol. The van der Waals surface area contributed by atoms with Crippen molar-refractivity contribution in [1.82, 2.24) is 9.13 Å². The van der Waals surface area contributed by atoms with E-state index in [1.807, 2.05) is 0 Å². The van der Waals surface area contributed by atoms with E-state index >= 15 is 0 Å². The predicted octanol–water partition coefficient (Wildman–Crippen LogP) is 10.7. The molecule has 2 aliphatic rings. The summed E-state index contributed by atoms with van der Waals surface area (Å²) in [7, 11) is 0. The maximum absolute atomic E-state index is 2.61. The highest BCUT2D eigenvalue weighted by atomic mass is 15.0. The molecule has 0 saturated heterocycles. The molecular weight excluding hydrogens is 484 g/mol. The maximum atomic E-state index is 2.61. The number of aromatic nitrogens is 2. The van der Waals surface area contributed by atoms with Crippen LogP contribution < -0.4 is 0 Å². The van der Waals surface area contributed by atoms with Gasteiger partial charge in [0, 0.05) is 33.5 Å². The Labute approximate surface area is 240 Å². The summed E-state index contributed by atoms with van der Waals surface area (Å²) in [6.07, 6.45) is 7.55. The van der Waals surface area contributed by atoms with Gasteiger partial charge in [-0.3, -0.25) is 0 Å². The van der Waals surface area contributed by atoms with Gasteiger partial charge in [0.05, 0.1) is 11.0 Å². The van der Waals surface area contributed by atoms with E-state index in [0.717, 1.165) is 0 Å². The first-order chi connectivity index (χ1) is 19.2. The molecule has 0 fully saturated rings. The smallest absolute Gasteiger partial charge is 0.0534 e. The molecule has 2 aromatic heterocycles. The van der Waals surface area contributed by atoms with E-state index in [0.29, 0.717) is 11.8 Å². The average molecular weight is 529 g/mol. The molecule has 0 radical (unpaired) electrons. The number of rotatable bonds is 2. The zero-order chi connectivity index (χ0) is 27.8. The van der Waals surface area contributed by atoms with Crippen molar-refractivity contribution in [2.45, 2.75) is 103 Å². The fourth-order valence-electron chi connectivity index (χ4n) is 8.43. The molecule has 0 saturated carbocycles. The van der Waals surface area contributed by atoms with E-state index in [-0.39, 0.29) is 10.8 Å². The lowest BCUT2D eigenvalue weighted by Crippen LogP contribution is -2.18. The third-order valence-corrected chi connectivity index (χ3v) is 10.3. The minimum Gasteiger partial charge on any atom is -0.313 e. The van der Waals surface area contributed by atoms with E-state index in [9.17, 15) is 0 Å². The lowest BCUT2D eigenvalue weighted by atomic mass is 9.80. The Morgan fingerprint density at radius 1 is 0.575 bits per heavy atom. The molecular formula is C38H44N2. The van der Waals surface area contributed by atoms with Crippen LogP contribution in [0.25, 0.3) is 33.2 Å². The first-order valence-corrected chi connectivity index (χ1v) is 15.6. The van der Waals surface area contributed by atoms with Gasteiger partial charge in [0.25, 0.3) is 0 Å². The number of nitrogens with zero attached hydrogens (tertiary/aromatic N) is 2. The highest BCUT2D eigenvalue weighted by Crippen LogP contribution is 2.49. The van der Waals surface area contributed by atoms with Gasteiger partial charge in [0.2, 0.25) is 0 Å². The molecule has 206 valence electrons. The van der Waals surface area contributed by atoms with Crippen LogP contribution in [0.5, 0.6) is 0 Å². The molecule has 0 amide bonds. The van der Waals surface area contributed by atoms with Gasteiger partial charge in [-0.2, -0.15) is 0 Å². The van der Waals surface area contributed by atoms with Gasteiger partial charge in [-0.1, -0.05) is 96.8 Å². The first-order valence-electron chi connectivity index (χ1n) is 15.6. The molecule has 2 aliphatic carbocycles. The fourth-order valence-corrected chi connectivity index (χ4v) is 8.43. The van der Waals surface area contributed by atoms with Crippen molar-refractivity contribution >= 4 is 21.8 Å². The number of benzene rings is 3. The number of fused-ring (bicyclic) bond motifs is 6. The molecule has 2 atom stereocenters. The van der Waals surface area contributed by atoms with Crippen molar-refractivity contribution in [2.75, 3.05) is 0 Å². The van der Waals surface area contributed by atoms with Crippen LogP contribution >= 0.6 is 0 Å². The van der Waals surface area contributed by atoms with Crippen molar-refractivity contribution in [3.63, 3.8) is 0 Å². The first kappa shape index (κ1) is 25.7. The van der Waals surface area contributed by atoms with Gasteiger partial charge in [0.1, 0.15) is 0 Å². The SMILES string of the molecule is CC1CCCC(C)(C)c2c1n(-c1cccc(-n3c4c(c5ccccc53)C(C)(C)CCCC4C)c1)c1ccccc21. The maximum Gasteiger partial charge on any atom is 0.0534 e. The topological polar surface area (TPSA) is 9.86 Å². The Bertz CT molecular complexity index is 1620. The molecule has 0 bridgehead atoms. The molecule has 0 spiro atoms. The van der Waals surface area contributed by atoms with Crippen LogP contribution in [0.4, 0.5) is 0 Å². The van der Waals surface area contributed by atoms with Crippen LogP contribution in [0.2, 0.25) is 0 Å².